The fourth-order valence-electron chi connectivity index (χ4n) is 1.20. The van der Waals surface area contributed by atoms with Gasteiger partial charge in [-0.25, -0.2) is 0 Å². The number of rotatable bonds is 9. The van der Waals surface area contributed by atoms with E-state index in [0.717, 1.165) is 13.0 Å². The minimum Gasteiger partial charge on any atom is -0.309 e. The van der Waals surface area contributed by atoms with Gasteiger partial charge in [0.1, 0.15) is 0 Å². The van der Waals surface area contributed by atoms with Gasteiger partial charge in [-0.05, 0) is 34.4 Å². The zero-order chi connectivity index (χ0) is 12.4. The average molecular weight is 249 g/mol. The molecule has 0 bridgehead atoms. The van der Waals surface area contributed by atoms with Crippen molar-refractivity contribution in [3.05, 3.63) is 12.2 Å². The van der Waals surface area contributed by atoms with Crippen molar-refractivity contribution in [3.8, 4) is 0 Å². The van der Waals surface area contributed by atoms with Gasteiger partial charge in [0.2, 0.25) is 0 Å². The lowest BCUT2D eigenvalue weighted by molar-refractivity contribution is 0.220. The predicted octanol–water partition coefficient (Wildman–Crippen LogP) is 2.76. The van der Waals surface area contributed by atoms with Crippen LogP contribution in [0.1, 0.15) is 20.3 Å². The SMILES string of the molecule is CCOP(=O)(CC/C=C/CN(C)C)OCC. The van der Waals surface area contributed by atoms with E-state index in [0.29, 0.717) is 19.4 Å². The molecule has 0 spiro atoms. The summed E-state index contributed by atoms with van der Waals surface area (Å²) in [5.74, 6) is 0. The normalized spacial score (nSPS) is 12.8. The van der Waals surface area contributed by atoms with Crippen LogP contribution in [-0.4, -0.2) is 44.9 Å². The van der Waals surface area contributed by atoms with Crippen LogP contribution in [0.2, 0.25) is 0 Å². The van der Waals surface area contributed by atoms with E-state index in [1.54, 1.807) is 0 Å². The van der Waals surface area contributed by atoms with Crippen LogP contribution in [0, 0.1) is 0 Å². The van der Waals surface area contributed by atoms with Gasteiger partial charge in [-0.3, -0.25) is 4.57 Å². The lowest BCUT2D eigenvalue weighted by Gasteiger charge is -2.15. The molecule has 0 aliphatic carbocycles. The van der Waals surface area contributed by atoms with Gasteiger partial charge in [-0.15, -0.1) is 0 Å². The van der Waals surface area contributed by atoms with E-state index in [1.807, 2.05) is 34.0 Å². The van der Waals surface area contributed by atoms with E-state index in [2.05, 4.69) is 11.0 Å². The molecular weight excluding hydrogens is 225 g/mol. The van der Waals surface area contributed by atoms with Crippen LogP contribution in [0.15, 0.2) is 12.2 Å². The van der Waals surface area contributed by atoms with E-state index < -0.39 is 7.60 Å². The Hall–Kier alpha value is -0.150. The molecule has 0 amide bonds. The molecule has 0 aromatic carbocycles. The van der Waals surface area contributed by atoms with Crippen LogP contribution in [-0.2, 0) is 13.6 Å². The Balaban J connectivity index is 3.93. The van der Waals surface area contributed by atoms with Gasteiger partial charge in [-0.1, -0.05) is 12.2 Å². The van der Waals surface area contributed by atoms with Gasteiger partial charge >= 0.3 is 7.60 Å². The number of allylic oxidation sites excluding steroid dienone is 1. The molecule has 0 saturated heterocycles. The largest absolute Gasteiger partial charge is 0.330 e. The highest BCUT2D eigenvalue weighted by Crippen LogP contribution is 2.48. The Labute approximate surface area is 99.1 Å². The summed E-state index contributed by atoms with van der Waals surface area (Å²) in [6, 6.07) is 0. The molecule has 0 atom stereocenters. The minimum absolute atomic E-state index is 0.429. The van der Waals surface area contributed by atoms with Crippen molar-refractivity contribution < 1.29 is 13.6 Å². The van der Waals surface area contributed by atoms with Crippen molar-refractivity contribution in [2.75, 3.05) is 40.0 Å². The fraction of sp³-hybridized carbons (Fsp3) is 0.818. The second-order valence-corrected chi connectivity index (χ2v) is 5.88. The molecule has 0 unspecified atom stereocenters. The summed E-state index contributed by atoms with van der Waals surface area (Å²) in [7, 11) is 1.17. The first kappa shape index (κ1) is 15.9. The van der Waals surface area contributed by atoms with Crippen LogP contribution < -0.4 is 0 Å². The maximum absolute atomic E-state index is 12.0. The molecule has 0 rings (SSSR count). The van der Waals surface area contributed by atoms with Gasteiger partial charge in [0, 0.05) is 6.54 Å². The van der Waals surface area contributed by atoms with E-state index in [1.165, 1.54) is 0 Å². The quantitative estimate of drug-likeness (QED) is 0.465. The molecule has 0 heterocycles. The first-order chi connectivity index (χ1) is 7.54. The van der Waals surface area contributed by atoms with Gasteiger partial charge in [0.05, 0.1) is 19.4 Å². The third-order valence-electron chi connectivity index (χ3n) is 1.86. The zero-order valence-electron chi connectivity index (χ0n) is 10.8. The van der Waals surface area contributed by atoms with E-state index in [4.69, 9.17) is 9.05 Å². The van der Waals surface area contributed by atoms with Crippen molar-refractivity contribution >= 4 is 7.60 Å². The smallest absolute Gasteiger partial charge is 0.309 e. The second kappa shape index (κ2) is 8.94. The fourth-order valence-corrected chi connectivity index (χ4v) is 2.78. The number of hydrogen-bond acceptors (Lipinski definition) is 4. The van der Waals surface area contributed by atoms with Gasteiger partial charge in [0.25, 0.3) is 0 Å². The molecule has 5 heteroatoms. The number of likely N-dealkylation sites (N-methyl/N-ethyl adjacent to an activating group) is 1. The predicted molar refractivity (Wildman–Crippen MR) is 68.0 cm³/mol. The molecule has 0 fully saturated rings. The molecule has 0 saturated carbocycles. The molecule has 0 aromatic heterocycles. The zero-order valence-corrected chi connectivity index (χ0v) is 11.7. The Morgan fingerprint density at radius 1 is 1.12 bits per heavy atom. The first-order valence-electron chi connectivity index (χ1n) is 5.72. The maximum atomic E-state index is 12.0. The van der Waals surface area contributed by atoms with Crippen LogP contribution in [0.3, 0.4) is 0 Å². The molecule has 0 aliphatic heterocycles. The van der Waals surface area contributed by atoms with Crippen molar-refractivity contribution in [2.45, 2.75) is 20.3 Å². The summed E-state index contributed by atoms with van der Waals surface area (Å²) in [6.07, 6.45) is 5.26. The maximum Gasteiger partial charge on any atom is 0.330 e. The Morgan fingerprint density at radius 2 is 1.69 bits per heavy atom. The number of hydrogen-bond donors (Lipinski definition) is 0. The lowest BCUT2D eigenvalue weighted by atomic mass is 10.4. The number of nitrogens with zero attached hydrogens (tertiary/aromatic N) is 1. The topological polar surface area (TPSA) is 38.8 Å². The van der Waals surface area contributed by atoms with Crippen LogP contribution >= 0.6 is 7.60 Å². The van der Waals surface area contributed by atoms with Crippen molar-refractivity contribution in [1.82, 2.24) is 4.90 Å². The highest BCUT2D eigenvalue weighted by molar-refractivity contribution is 7.53. The minimum atomic E-state index is -2.85. The monoisotopic (exact) mass is 249 g/mol. The summed E-state index contributed by atoms with van der Waals surface area (Å²) in [5, 5.41) is 0. The molecule has 4 nitrogen and oxygen atoms in total. The third-order valence-corrected chi connectivity index (χ3v) is 3.97. The molecule has 16 heavy (non-hydrogen) atoms. The van der Waals surface area contributed by atoms with Gasteiger partial charge in [0.15, 0.2) is 0 Å². The van der Waals surface area contributed by atoms with Crippen LogP contribution in [0.5, 0.6) is 0 Å². The van der Waals surface area contributed by atoms with E-state index in [9.17, 15) is 4.57 Å². The Bertz CT molecular complexity index is 231. The molecular formula is C11H24NO3P. The average Bonchev–Trinajstić information content (AvgIpc) is 2.17. The standard InChI is InChI=1S/C11H24NO3P/c1-5-14-16(13,15-6-2)11-9-7-8-10-12(3)4/h7-8H,5-6,9-11H2,1-4H3/b8-7+. The van der Waals surface area contributed by atoms with Crippen LogP contribution in [0.4, 0.5) is 0 Å². The highest BCUT2D eigenvalue weighted by atomic mass is 31.2. The molecule has 0 N–H and O–H groups in total. The van der Waals surface area contributed by atoms with Crippen molar-refractivity contribution in [1.29, 1.82) is 0 Å². The van der Waals surface area contributed by atoms with Gasteiger partial charge < -0.3 is 13.9 Å². The lowest BCUT2D eigenvalue weighted by Crippen LogP contribution is -2.10. The Morgan fingerprint density at radius 3 is 2.12 bits per heavy atom. The summed E-state index contributed by atoms with van der Waals surface area (Å²) < 4.78 is 22.4. The second-order valence-electron chi connectivity index (χ2n) is 3.69. The van der Waals surface area contributed by atoms with E-state index in [-0.39, 0.29) is 0 Å². The summed E-state index contributed by atoms with van der Waals surface area (Å²) >= 11 is 0. The van der Waals surface area contributed by atoms with Crippen molar-refractivity contribution in [2.24, 2.45) is 0 Å². The van der Waals surface area contributed by atoms with Crippen molar-refractivity contribution in [3.63, 3.8) is 0 Å². The summed E-state index contributed by atoms with van der Waals surface area (Å²) in [6.45, 7) is 5.41. The highest BCUT2D eigenvalue weighted by Gasteiger charge is 2.21. The van der Waals surface area contributed by atoms with E-state index >= 15 is 0 Å². The third kappa shape index (κ3) is 8.05. The van der Waals surface area contributed by atoms with Crippen LogP contribution in [0.25, 0.3) is 0 Å². The summed E-state index contributed by atoms with van der Waals surface area (Å²) in [4.78, 5) is 2.07. The first-order valence-corrected chi connectivity index (χ1v) is 7.44. The molecule has 0 aliphatic rings. The molecule has 96 valence electrons. The summed E-state index contributed by atoms with van der Waals surface area (Å²) in [5.41, 5.74) is 0. The molecule has 0 radical (unpaired) electrons. The Kier molecular flexibility index (Phi) is 8.86. The van der Waals surface area contributed by atoms with Gasteiger partial charge in [-0.2, -0.15) is 0 Å². The molecule has 0 aromatic rings.